The van der Waals surface area contributed by atoms with Crippen molar-refractivity contribution in [1.82, 2.24) is 10.2 Å². The number of hydrogen-bond donors (Lipinski definition) is 3. The molecule has 0 radical (unpaired) electrons. The van der Waals surface area contributed by atoms with E-state index in [4.69, 9.17) is 22.2 Å². The zero-order chi connectivity index (χ0) is 24.1. The van der Waals surface area contributed by atoms with Gasteiger partial charge in [0.05, 0.1) is 29.4 Å². The number of thiocarbonyl (C=S) groups is 1. The molecule has 0 aromatic heterocycles. The van der Waals surface area contributed by atoms with Crippen LogP contribution >= 0.6 is 12.2 Å². The summed E-state index contributed by atoms with van der Waals surface area (Å²) in [5, 5.41) is 18.1. The van der Waals surface area contributed by atoms with Gasteiger partial charge in [-0.2, -0.15) is 5.26 Å². The van der Waals surface area contributed by atoms with Crippen LogP contribution in [0.4, 0.5) is 16.2 Å². The van der Waals surface area contributed by atoms with Crippen LogP contribution in [0.5, 0.6) is 0 Å². The standard InChI is InChI=1S/C24H25N5O3S/c1-14(2)32-22(30)20-15(3)29(4)24(33)28-21(20)17-8-10-18(11-9-17)26-23(31)27-19-7-5-6-16(12-19)13-25/h5-12,14,21H,1-4H3,(H,28,33)(H2,26,27,31). The quantitative estimate of drug-likeness (QED) is 0.449. The van der Waals surface area contributed by atoms with E-state index < -0.39 is 18.0 Å². The topological polar surface area (TPSA) is 106 Å². The van der Waals surface area contributed by atoms with E-state index in [1.165, 1.54) is 0 Å². The lowest BCUT2D eigenvalue weighted by Crippen LogP contribution is -2.46. The lowest BCUT2D eigenvalue weighted by Gasteiger charge is -2.35. The van der Waals surface area contributed by atoms with Crippen molar-refractivity contribution in [2.24, 2.45) is 0 Å². The number of carbonyl (C=O) groups is 2. The number of hydrogen-bond acceptors (Lipinski definition) is 5. The number of nitrogens with zero attached hydrogens (tertiary/aromatic N) is 2. The maximum absolute atomic E-state index is 12.8. The molecule has 1 aliphatic heterocycles. The summed E-state index contributed by atoms with van der Waals surface area (Å²) in [6, 6.07) is 14.9. The van der Waals surface area contributed by atoms with Crippen molar-refractivity contribution in [2.75, 3.05) is 17.7 Å². The van der Waals surface area contributed by atoms with Crippen LogP contribution in [0.25, 0.3) is 0 Å². The molecule has 0 saturated carbocycles. The van der Waals surface area contributed by atoms with E-state index in [0.29, 0.717) is 27.6 Å². The Morgan fingerprint density at radius 1 is 1.15 bits per heavy atom. The van der Waals surface area contributed by atoms with Crippen LogP contribution in [-0.4, -0.2) is 35.2 Å². The molecule has 0 bridgehead atoms. The number of nitrogens with one attached hydrogen (secondary N) is 3. The Hall–Kier alpha value is -3.90. The SMILES string of the molecule is CC1=C(C(=O)OC(C)C)C(c2ccc(NC(=O)Nc3cccc(C#N)c3)cc2)NC(=S)N1C. The predicted octanol–water partition coefficient (Wildman–Crippen LogP) is 4.29. The molecule has 0 fully saturated rings. The molecule has 1 aliphatic rings. The normalized spacial score (nSPS) is 15.6. The second-order valence-corrected chi connectivity index (χ2v) is 8.18. The molecule has 170 valence electrons. The van der Waals surface area contributed by atoms with Gasteiger partial charge in [0.1, 0.15) is 0 Å². The van der Waals surface area contributed by atoms with Crippen LogP contribution in [-0.2, 0) is 9.53 Å². The van der Waals surface area contributed by atoms with Crippen molar-refractivity contribution in [1.29, 1.82) is 5.26 Å². The van der Waals surface area contributed by atoms with E-state index in [0.717, 1.165) is 11.3 Å². The summed E-state index contributed by atoms with van der Waals surface area (Å²) in [5.74, 6) is -0.407. The molecular formula is C24H25N5O3S. The van der Waals surface area contributed by atoms with Gasteiger partial charge in [-0.15, -0.1) is 0 Å². The minimum Gasteiger partial charge on any atom is -0.459 e. The Morgan fingerprint density at radius 3 is 2.45 bits per heavy atom. The fourth-order valence-electron chi connectivity index (χ4n) is 3.35. The number of nitriles is 1. The highest BCUT2D eigenvalue weighted by Gasteiger charge is 2.33. The van der Waals surface area contributed by atoms with E-state index in [-0.39, 0.29) is 6.10 Å². The number of benzene rings is 2. The maximum Gasteiger partial charge on any atom is 0.338 e. The Labute approximate surface area is 198 Å². The number of urea groups is 1. The summed E-state index contributed by atoms with van der Waals surface area (Å²) >= 11 is 5.42. The first kappa shape index (κ1) is 23.8. The van der Waals surface area contributed by atoms with Crippen LogP contribution < -0.4 is 16.0 Å². The van der Waals surface area contributed by atoms with Gasteiger partial charge in [-0.1, -0.05) is 18.2 Å². The van der Waals surface area contributed by atoms with Crippen molar-refractivity contribution in [3.63, 3.8) is 0 Å². The average Bonchev–Trinajstić information content (AvgIpc) is 2.77. The fraction of sp³-hybridized carbons (Fsp3) is 0.250. The number of ether oxygens (including phenoxy) is 1. The largest absolute Gasteiger partial charge is 0.459 e. The van der Waals surface area contributed by atoms with Crippen LogP contribution in [0.15, 0.2) is 59.8 Å². The van der Waals surface area contributed by atoms with E-state index in [2.05, 4.69) is 16.0 Å². The second kappa shape index (κ2) is 10.1. The Bertz CT molecular complexity index is 1150. The molecule has 8 nitrogen and oxygen atoms in total. The molecular weight excluding hydrogens is 438 g/mol. The van der Waals surface area contributed by atoms with E-state index in [1.807, 2.05) is 25.1 Å². The van der Waals surface area contributed by atoms with Crippen molar-refractivity contribution in [3.8, 4) is 6.07 Å². The molecule has 2 amide bonds. The van der Waals surface area contributed by atoms with Crippen LogP contribution in [0.2, 0.25) is 0 Å². The summed E-state index contributed by atoms with van der Waals surface area (Å²) < 4.78 is 5.45. The number of esters is 1. The number of rotatable bonds is 5. The summed E-state index contributed by atoms with van der Waals surface area (Å²) in [6.07, 6.45) is -0.253. The van der Waals surface area contributed by atoms with E-state index >= 15 is 0 Å². The number of anilines is 2. The molecule has 1 heterocycles. The highest BCUT2D eigenvalue weighted by Crippen LogP contribution is 2.31. The van der Waals surface area contributed by atoms with Crippen LogP contribution in [0.3, 0.4) is 0 Å². The fourth-order valence-corrected chi connectivity index (χ4v) is 3.60. The molecule has 1 atom stereocenters. The third-order valence-electron chi connectivity index (χ3n) is 5.07. The molecule has 0 spiro atoms. The molecule has 2 aromatic carbocycles. The molecule has 33 heavy (non-hydrogen) atoms. The first-order chi connectivity index (χ1) is 15.7. The monoisotopic (exact) mass is 463 g/mol. The molecule has 3 N–H and O–H groups in total. The molecule has 9 heteroatoms. The van der Waals surface area contributed by atoms with Crippen molar-refractivity contribution < 1.29 is 14.3 Å². The van der Waals surface area contributed by atoms with Gasteiger partial charge in [0.15, 0.2) is 5.11 Å². The zero-order valence-corrected chi connectivity index (χ0v) is 19.6. The van der Waals surface area contributed by atoms with Gasteiger partial charge < -0.3 is 25.6 Å². The van der Waals surface area contributed by atoms with E-state index in [1.54, 1.807) is 62.2 Å². The highest BCUT2D eigenvalue weighted by atomic mass is 32.1. The molecule has 2 aromatic rings. The van der Waals surface area contributed by atoms with Gasteiger partial charge in [0.25, 0.3) is 0 Å². The smallest absolute Gasteiger partial charge is 0.338 e. The number of amides is 2. The molecule has 1 unspecified atom stereocenters. The van der Waals surface area contributed by atoms with Crippen LogP contribution in [0.1, 0.15) is 37.9 Å². The van der Waals surface area contributed by atoms with Gasteiger partial charge in [0.2, 0.25) is 0 Å². The van der Waals surface area contributed by atoms with Crippen molar-refractivity contribution >= 4 is 40.7 Å². The lowest BCUT2D eigenvalue weighted by molar-refractivity contribution is -0.143. The van der Waals surface area contributed by atoms with Gasteiger partial charge >= 0.3 is 12.0 Å². The second-order valence-electron chi connectivity index (χ2n) is 7.79. The Kier molecular flexibility index (Phi) is 7.30. The van der Waals surface area contributed by atoms with Gasteiger partial charge in [-0.25, -0.2) is 9.59 Å². The van der Waals surface area contributed by atoms with Gasteiger partial charge in [0, 0.05) is 24.1 Å². The van der Waals surface area contributed by atoms with Crippen molar-refractivity contribution in [2.45, 2.75) is 32.9 Å². The highest BCUT2D eigenvalue weighted by molar-refractivity contribution is 7.80. The average molecular weight is 464 g/mol. The first-order valence-electron chi connectivity index (χ1n) is 10.3. The minimum absolute atomic E-state index is 0.253. The summed E-state index contributed by atoms with van der Waals surface area (Å²) in [6.45, 7) is 5.43. The Morgan fingerprint density at radius 2 is 1.82 bits per heavy atom. The summed E-state index contributed by atoms with van der Waals surface area (Å²) in [5.41, 5.74) is 3.53. The van der Waals surface area contributed by atoms with Gasteiger partial charge in [-0.05, 0) is 68.9 Å². The predicted molar refractivity (Wildman–Crippen MR) is 130 cm³/mol. The molecule has 3 rings (SSSR count). The maximum atomic E-state index is 12.8. The van der Waals surface area contributed by atoms with Gasteiger partial charge in [-0.3, -0.25) is 0 Å². The number of carbonyl (C=O) groups excluding carboxylic acids is 2. The third-order valence-corrected chi connectivity index (χ3v) is 5.46. The molecule has 0 aliphatic carbocycles. The van der Waals surface area contributed by atoms with E-state index in [9.17, 15) is 9.59 Å². The number of allylic oxidation sites excluding steroid dienone is 1. The zero-order valence-electron chi connectivity index (χ0n) is 18.8. The van der Waals surface area contributed by atoms with Crippen LogP contribution in [0, 0.1) is 11.3 Å². The Balaban J connectivity index is 1.77. The minimum atomic E-state index is -0.475. The first-order valence-corrected chi connectivity index (χ1v) is 10.7. The lowest BCUT2D eigenvalue weighted by atomic mass is 9.95. The molecule has 0 saturated heterocycles. The summed E-state index contributed by atoms with van der Waals surface area (Å²) in [4.78, 5) is 26.9. The summed E-state index contributed by atoms with van der Waals surface area (Å²) in [7, 11) is 1.79. The van der Waals surface area contributed by atoms with Crippen molar-refractivity contribution in [3.05, 3.63) is 70.9 Å². The third kappa shape index (κ3) is 5.67.